The molecule has 8 heteroatoms. The van der Waals surface area contributed by atoms with Crippen molar-refractivity contribution >= 4 is 22.1 Å². The normalized spacial score (nSPS) is 11.4. The third-order valence-electron chi connectivity index (χ3n) is 4.78. The van der Waals surface area contributed by atoms with Crippen LogP contribution in [0, 0.1) is 0 Å². The molecule has 0 fully saturated rings. The smallest absolute Gasteiger partial charge is 0.161 e. The minimum atomic E-state index is 0.625. The quantitative estimate of drug-likeness (QED) is 0.476. The molecule has 6 aromatic rings. The molecule has 0 atom stereocenters. The molecule has 0 aromatic carbocycles. The van der Waals surface area contributed by atoms with Crippen LogP contribution in [0.4, 0.5) is 0 Å². The first-order chi connectivity index (χ1) is 14.4. The number of pyridine rings is 3. The molecule has 6 rings (SSSR count). The molecule has 0 aliphatic carbocycles. The van der Waals surface area contributed by atoms with E-state index < -0.39 is 0 Å². The molecule has 0 saturated heterocycles. The van der Waals surface area contributed by atoms with Crippen molar-refractivity contribution in [2.75, 3.05) is 0 Å². The van der Waals surface area contributed by atoms with Gasteiger partial charge in [0.1, 0.15) is 16.7 Å². The van der Waals surface area contributed by atoms with E-state index in [2.05, 4.69) is 25.1 Å². The van der Waals surface area contributed by atoms with Gasteiger partial charge in [0, 0.05) is 29.7 Å². The molecule has 0 aliphatic heterocycles. The number of nitrogens with zero attached hydrogens (tertiary/aromatic N) is 5. The van der Waals surface area contributed by atoms with Crippen LogP contribution in [0.5, 0.6) is 0 Å². The summed E-state index contributed by atoms with van der Waals surface area (Å²) in [5.41, 5.74) is 7.24. The molecule has 0 spiro atoms. The summed E-state index contributed by atoms with van der Waals surface area (Å²) in [5.74, 6) is 0.625. The predicted octanol–water partition coefficient (Wildman–Crippen LogP) is 4.22. The Kier molecular flexibility index (Phi) is 3.30. The second kappa shape index (κ2) is 6.10. The minimum absolute atomic E-state index is 0.625. The zero-order valence-electron chi connectivity index (χ0n) is 15.0. The van der Waals surface area contributed by atoms with Gasteiger partial charge >= 0.3 is 0 Å². The lowest BCUT2D eigenvalue weighted by atomic mass is 10.2. The average molecular weight is 379 g/mol. The van der Waals surface area contributed by atoms with Crippen molar-refractivity contribution in [2.24, 2.45) is 0 Å². The van der Waals surface area contributed by atoms with Crippen LogP contribution < -0.4 is 0 Å². The molecule has 0 aliphatic rings. The molecule has 2 N–H and O–H groups in total. The molecule has 138 valence electrons. The second-order valence-electron chi connectivity index (χ2n) is 6.56. The summed E-state index contributed by atoms with van der Waals surface area (Å²) in [6, 6.07) is 11.5. The van der Waals surface area contributed by atoms with Gasteiger partial charge in [0.15, 0.2) is 11.5 Å². The maximum Gasteiger partial charge on any atom is 0.161 e. The summed E-state index contributed by atoms with van der Waals surface area (Å²) in [4.78, 5) is 21.5. The van der Waals surface area contributed by atoms with Crippen LogP contribution in [0.3, 0.4) is 0 Å². The first kappa shape index (κ1) is 15.7. The molecular weight excluding hydrogens is 366 g/mol. The number of hydrogen-bond acceptors (Lipinski definition) is 6. The van der Waals surface area contributed by atoms with Crippen LogP contribution in [0.25, 0.3) is 56.1 Å². The lowest BCUT2D eigenvalue weighted by Gasteiger charge is -2.00. The second-order valence-corrected chi connectivity index (χ2v) is 6.56. The van der Waals surface area contributed by atoms with E-state index in [1.165, 1.54) is 0 Å². The fourth-order valence-corrected chi connectivity index (χ4v) is 3.40. The summed E-state index contributed by atoms with van der Waals surface area (Å²) < 4.78 is 5.20. The molecule has 0 radical (unpaired) electrons. The largest absolute Gasteiger partial charge is 0.472 e. The van der Waals surface area contributed by atoms with E-state index in [0.717, 1.165) is 44.6 Å². The number of fused-ring (bicyclic) bond motifs is 2. The third kappa shape index (κ3) is 2.50. The van der Waals surface area contributed by atoms with Crippen LogP contribution in [0.2, 0.25) is 0 Å². The van der Waals surface area contributed by atoms with Gasteiger partial charge in [0.2, 0.25) is 0 Å². The highest BCUT2D eigenvalue weighted by atomic mass is 16.3. The zero-order valence-corrected chi connectivity index (χ0v) is 15.0. The Morgan fingerprint density at radius 1 is 0.828 bits per heavy atom. The van der Waals surface area contributed by atoms with E-state index in [4.69, 9.17) is 14.4 Å². The molecule has 8 nitrogen and oxygen atoms in total. The molecule has 29 heavy (non-hydrogen) atoms. The number of nitrogens with one attached hydrogen (secondary N) is 2. The summed E-state index contributed by atoms with van der Waals surface area (Å²) in [5, 5.41) is 7.49. The highest BCUT2D eigenvalue weighted by Gasteiger charge is 2.17. The Morgan fingerprint density at radius 2 is 1.79 bits per heavy atom. The SMILES string of the molecule is c1cncc(-c2ccc3[nH]nc(-c4nc5c(-c6ccoc6)nccc5[nH]4)c3n2)c1. The number of aromatic nitrogens is 7. The molecule has 6 aromatic heterocycles. The third-order valence-corrected chi connectivity index (χ3v) is 4.78. The number of H-pyrrole nitrogens is 2. The van der Waals surface area contributed by atoms with E-state index in [1.54, 1.807) is 31.1 Å². The van der Waals surface area contributed by atoms with E-state index in [0.29, 0.717) is 11.5 Å². The number of hydrogen-bond donors (Lipinski definition) is 2. The van der Waals surface area contributed by atoms with Crippen LogP contribution >= 0.6 is 0 Å². The van der Waals surface area contributed by atoms with E-state index in [1.807, 2.05) is 36.4 Å². The van der Waals surface area contributed by atoms with Crippen molar-refractivity contribution in [1.29, 1.82) is 0 Å². The van der Waals surface area contributed by atoms with Crippen molar-refractivity contribution in [3.05, 3.63) is 67.5 Å². The molecule has 6 heterocycles. The van der Waals surface area contributed by atoms with Gasteiger partial charge in [-0.2, -0.15) is 5.10 Å². The standard InChI is InChI=1S/C21H13N7O/c1-2-12(10-22-7-1)14-3-4-16-19(24-14)20(28-27-16)21-25-15-5-8-23-17(18(15)26-21)13-6-9-29-11-13/h1-11H,(H,25,26)(H,27,28). The lowest BCUT2D eigenvalue weighted by molar-refractivity contribution is 0.568. The summed E-state index contributed by atoms with van der Waals surface area (Å²) in [6.45, 7) is 0. The number of rotatable bonds is 3. The summed E-state index contributed by atoms with van der Waals surface area (Å²) in [7, 11) is 0. The number of furan rings is 1. The Bertz CT molecular complexity index is 1450. The van der Waals surface area contributed by atoms with E-state index in [-0.39, 0.29) is 0 Å². The Hall–Kier alpha value is -4.33. The van der Waals surface area contributed by atoms with Gasteiger partial charge in [-0.3, -0.25) is 15.1 Å². The zero-order chi connectivity index (χ0) is 19.2. The lowest BCUT2D eigenvalue weighted by Crippen LogP contribution is -1.87. The fraction of sp³-hybridized carbons (Fsp3) is 0. The van der Waals surface area contributed by atoms with Crippen molar-refractivity contribution < 1.29 is 4.42 Å². The molecule has 0 bridgehead atoms. The van der Waals surface area contributed by atoms with Gasteiger partial charge in [-0.15, -0.1) is 0 Å². The van der Waals surface area contributed by atoms with Gasteiger partial charge < -0.3 is 9.40 Å². The summed E-state index contributed by atoms with van der Waals surface area (Å²) >= 11 is 0. The van der Waals surface area contributed by atoms with Crippen molar-refractivity contribution in [2.45, 2.75) is 0 Å². The molecule has 0 unspecified atom stereocenters. The Balaban J connectivity index is 1.53. The maximum absolute atomic E-state index is 5.20. The fourth-order valence-electron chi connectivity index (χ4n) is 3.40. The van der Waals surface area contributed by atoms with E-state index >= 15 is 0 Å². The van der Waals surface area contributed by atoms with Gasteiger partial charge in [0.05, 0.1) is 29.3 Å². The van der Waals surface area contributed by atoms with Crippen molar-refractivity contribution in [3.8, 4) is 34.0 Å². The highest BCUT2D eigenvalue weighted by molar-refractivity contribution is 5.94. The van der Waals surface area contributed by atoms with Gasteiger partial charge in [-0.05, 0) is 36.4 Å². The first-order valence-electron chi connectivity index (χ1n) is 9.00. The molecule has 0 amide bonds. The topological polar surface area (TPSA) is 109 Å². The Morgan fingerprint density at radius 3 is 2.66 bits per heavy atom. The first-order valence-corrected chi connectivity index (χ1v) is 9.00. The van der Waals surface area contributed by atoms with E-state index in [9.17, 15) is 0 Å². The van der Waals surface area contributed by atoms with Gasteiger partial charge in [-0.1, -0.05) is 0 Å². The number of imidazole rings is 1. The Labute approximate surface area is 163 Å². The minimum Gasteiger partial charge on any atom is -0.472 e. The number of aromatic amines is 2. The summed E-state index contributed by atoms with van der Waals surface area (Å²) in [6.07, 6.45) is 8.55. The monoisotopic (exact) mass is 379 g/mol. The van der Waals surface area contributed by atoms with Gasteiger partial charge in [0.25, 0.3) is 0 Å². The predicted molar refractivity (Wildman–Crippen MR) is 108 cm³/mol. The maximum atomic E-state index is 5.20. The van der Waals surface area contributed by atoms with Crippen LogP contribution in [-0.2, 0) is 0 Å². The highest BCUT2D eigenvalue weighted by Crippen LogP contribution is 2.30. The van der Waals surface area contributed by atoms with Crippen LogP contribution in [0.1, 0.15) is 0 Å². The van der Waals surface area contributed by atoms with Gasteiger partial charge in [-0.25, -0.2) is 9.97 Å². The molecular formula is C21H13N7O. The average Bonchev–Trinajstić information content (AvgIpc) is 3.52. The van der Waals surface area contributed by atoms with Crippen molar-refractivity contribution in [3.63, 3.8) is 0 Å². The van der Waals surface area contributed by atoms with Crippen molar-refractivity contribution in [1.82, 2.24) is 35.1 Å². The van der Waals surface area contributed by atoms with Crippen LogP contribution in [-0.4, -0.2) is 35.1 Å². The van der Waals surface area contributed by atoms with Crippen LogP contribution in [0.15, 0.2) is 71.9 Å². The molecule has 0 saturated carbocycles.